The van der Waals surface area contributed by atoms with Crippen molar-refractivity contribution < 1.29 is 9.18 Å². The number of anilines is 2. The number of nitrogens with one attached hydrogen (secondary N) is 3. The highest BCUT2D eigenvalue weighted by molar-refractivity contribution is 5.97. The molecular formula is C20H33FN8O. The van der Waals surface area contributed by atoms with E-state index in [-0.39, 0.29) is 19.0 Å². The Morgan fingerprint density at radius 3 is 2.47 bits per heavy atom. The summed E-state index contributed by atoms with van der Waals surface area (Å²) in [4.78, 5) is 22.3. The number of piperazine rings is 1. The molecule has 10 heteroatoms. The summed E-state index contributed by atoms with van der Waals surface area (Å²) in [6.07, 6.45) is 3.56. The molecule has 1 atom stereocenters. The van der Waals surface area contributed by atoms with E-state index in [1.807, 2.05) is 6.20 Å². The first-order valence-corrected chi connectivity index (χ1v) is 10.8. The summed E-state index contributed by atoms with van der Waals surface area (Å²) in [6.45, 7) is 4.06. The van der Waals surface area contributed by atoms with Crippen LogP contribution in [0.5, 0.6) is 0 Å². The Hall–Kier alpha value is -1.85. The molecule has 1 amide bonds. The molecular weight excluding hydrogens is 387 g/mol. The van der Waals surface area contributed by atoms with E-state index in [0.29, 0.717) is 11.6 Å². The van der Waals surface area contributed by atoms with Crippen molar-refractivity contribution >= 4 is 17.3 Å². The number of halogens is 1. The number of carbonyl (C=O) groups is 1. The minimum Gasteiger partial charge on any atom is -0.367 e. The Kier molecular flexibility index (Phi) is 6.49. The van der Waals surface area contributed by atoms with Gasteiger partial charge in [0, 0.05) is 45.5 Å². The van der Waals surface area contributed by atoms with E-state index in [9.17, 15) is 9.18 Å². The fraction of sp³-hybridized carbons (Fsp3) is 0.700. The highest BCUT2D eigenvalue weighted by Gasteiger charge is 2.36. The molecule has 7 N–H and O–H groups in total. The first kappa shape index (κ1) is 21.4. The molecule has 3 aliphatic rings. The predicted molar refractivity (Wildman–Crippen MR) is 115 cm³/mol. The maximum absolute atomic E-state index is 13.5. The molecule has 3 heterocycles. The number of nitrogens with two attached hydrogens (primary N) is 2. The smallest absolute Gasteiger partial charge is 0.233 e. The van der Waals surface area contributed by atoms with Gasteiger partial charge in [-0.05, 0) is 31.4 Å². The highest BCUT2D eigenvalue weighted by Crippen LogP contribution is 2.46. The topological polar surface area (TPSA) is 125 Å². The van der Waals surface area contributed by atoms with Crippen LogP contribution in [0.2, 0.25) is 0 Å². The lowest BCUT2D eigenvalue weighted by atomic mass is 9.99. The van der Waals surface area contributed by atoms with E-state index in [2.05, 4.69) is 37.8 Å². The van der Waals surface area contributed by atoms with Crippen LogP contribution < -0.4 is 32.3 Å². The predicted octanol–water partition coefficient (Wildman–Crippen LogP) is -0.634. The first-order chi connectivity index (χ1) is 14.4. The molecule has 3 fully saturated rings. The zero-order chi connectivity index (χ0) is 21.3. The normalized spacial score (nSPS) is 26.6. The Labute approximate surface area is 176 Å². The van der Waals surface area contributed by atoms with E-state index in [4.69, 9.17) is 11.5 Å². The number of likely N-dealkylation sites (N-methyl/N-ethyl adjacent to an activating group) is 1. The van der Waals surface area contributed by atoms with Crippen LogP contribution >= 0.6 is 0 Å². The molecule has 30 heavy (non-hydrogen) atoms. The van der Waals surface area contributed by atoms with Crippen LogP contribution in [-0.2, 0) is 4.79 Å². The van der Waals surface area contributed by atoms with Crippen molar-refractivity contribution in [1.82, 2.24) is 20.5 Å². The zero-order valence-corrected chi connectivity index (χ0v) is 17.5. The third kappa shape index (κ3) is 4.73. The third-order valence-electron chi connectivity index (χ3n) is 6.24. The summed E-state index contributed by atoms with van der Waals surface area (Å²) in [7, 11) is 2.12. The van der Waals surface area contributed by atoms with Crippen LogP contribution in [0.1, 0.15) is 24.3 Å². The van der Waals surface area contributed by atoms with Gasteiger partial charge in [0.05, 0.1) is 35.8 Å². The van der Waals surface area contributed by atoms with Crippen LogP contribution in [0.4, 0.5) is 15.8 Å². The number of amides is 1. The Morgan fingerprint density at radius 1 is 1.20 bits per heavy atom. The van der Waals surface area contributed by atoms with Gasteiger partial charge in [-0.1, -0.05) is 0 Å². The fourth-order valence-corrected chi connectivity index (χ4v) is 4.31. The number of carbonyl (C=O) groups excluding carboxylic acids is 1. The van der Waals surface area contributed by atoms with Gasteiger partial charge < -0.3 is 26.6 Å². The number of hydrogen-bond acceptors (Lipinski definition) is 8. The van der Waals surface area contributed by atoms with E-state index in [0.717, 1.165) is 44.7 Å². The first-order valence-electron chi connectivity index (χ1n) is 10.8. The second-order valence-corrected chi connectivity index (χ2v) is 8.67. The van der Waals surface area contributed by atoms with Gasteiger partial charge >= 0.3 is 0 Å². The van der Waals surface area contributed by atoms with Gasteiger partial charge in [-0.2, -0.15) is 0 Å². The van der Waals surface area contributed by atoms with Crippen molar-refractivity contribution in [3.8, 4) is 0 Å². The van der Waals surface area contributed by atoms with Crippen LogP contribution in [0, 0.1) is 5.92 Å². The molecule has 0 aromatic carbocycles. The standard InChI is InChI=1S/C20H33FN8O/c1-28-4-6-29(7-5-28)17-14(12-2-3-12)10-24-11-15(17)27-20(30)16(18(22)23)19-25-8-13(21)9-26-19/h10-13,16,18-19,25-26H,2-9,22-23H2,1H3,(H,27,30). The van der Waals surface area contributed by atoms with Gasteiger partial charge in [0.25, 0.3) is 0 Å². The summed E-state index contributed by atoms with van der Waals surface area (Å²) in [5, 5.41) is 9.04. The molecule has 1 unspecified atom stereocenters. The maximum Gasteiger partial charge on any atom is 0.233 e. The maximum atomic E-state index is 13.5. The van der Waals surface area contributed by atoms with Crippen molar-refractivity contribution in [2.24, 2.45) is 17.4 Å². The largest absolute Gasteiger partial charge is 0.367 e. The SMILES string of the molecule is CN1CCN(c2c(NC(=O)C(C(N)N)C3NCC(F)CN3)cncc2C2CC2)CC1. The van der Waals surface area contributed by atoms with E-state index in [1.165, 1.54) is 5.56 Å². The molecule has 1 aromatic rings. The quantitative estimate of drug-likeness (QED) is 0.385. The summed E-state index contributed by atoms with van der Waals surface area (Å²) in [6, 6.07) is 0. The van der Waals surface area contributed by atoms with Crippen LogP contribution in [0.25, 0.3) is 0 Å². The van der Waals surface area contributed by atoms with Crippen molar-refractivity contribution in [3.05, 3.63) is 18.0 Å². The Balaban J connectivity index is 1.57. The highest BCUT2D eigenvalue weighted by atomic mass is 19.1. The second kappa shape index (κ2) is 9.11. The van der Waals surface area contributed by atoms with E-state index in [1.54, 1.807) is 6.20 Å². The van der Waals surface area contributed by atoms with Crippen LogP contribution in [-0.4, -0.2) is 80.6 Å². The third-order valence-corrected chi connectivity index (χ3v) is 6.24. The Bertz CT molecular complexity index is 742. The molecule has 4 rings (SSSR count). The average Bonchev–Trinajstić information content (AvgIpc) is 3.55. The lowest BCUT2D eigenvalue weighted by Crippen LogP contribution is -2.64. The summed E-state index contributed by atoms with van der Waals surface area (Å²) in [5.41, 5.74) is 14.9. The number of nitrogens with zero attached hydrogens (tertiary/aromatic N) is 3. The van der Waals surface area contributed by atoms with Crippen LogP contribution in [0.3, 0.4) is 0 Å². The molecule has 0 bridgehead atoms. The molecule has 2 saturated heterocycles. The van der Waals surface area contributed by atoms with Gasteiger partial charge in [0.2, 0.25) is 5.91 Å². The van der Waals surface area contributed by atoms with E-state index < -0.39 is 24.4 Å². The van der Waals surface area contributed by atoms with Crippen LogP contribution in [0.15, 0.2) is 12.4 Å². The molecule has 2 aliphatic heterocycles. The molecule has 0 spiro atoms. The number of alkyl halides is 1. The van der Waals surface area contributed by atoms with Crippen molar-refractivity contribution in [2.45, 2.75) is 37.3 Å². The average molecular weight is 421 g/mol. The number of hydrogen-bond donors (Lipinski definition) is 5. The molecule has 1 aliphatic carbocycles. The number of pyridine rings is 1. The monoisotopic (exact) mass is 420 g/mol. The molecule has 1 saturated carbocycles. The van der Waals surface area contributed by atoms with Crippen molar-refractivity contribution in [1.29, 1.82) is 0 Å². The van der Waals surface area contributed by atoms with Gasteiger partial charge in [-0.3, -0.25) is 20.4 Å². The fourth-order valence-electron chi connectivity index (χ4n) is 4.31. The summed E-state index contributed by atoms with van der Waals surface area (Å²) in [5.74, 6) is -0.542. The summed E-state index contributed by atoms with van der Waals surface area (Å²) < 4.78 is 13.5. The number of aromatic nitrogens is 1. The van der Waals surface area contributed by atoms with Gasteiger partial charge in [-0.25, -0.2) is 4.39 Å². The molecule has 166 valence electrons. The van der Waals surface area contributed by atoms with Gasteiger partial charge in [0.1, 0.15) is 6.17 Å². The second-order valence-electron chi connectivity index (χ2n) is 8.67. The summed E-state index contributed by atoms with van der Waals surface area (Å²) >= 11 is 0. The van der Waals surface area contributed by atoms with Gasteiger partial charge in [0.15, 0.2) is 0 Å². The minimum absolute atomic E-state index is 0.166. The van der Waals surface area contributed by atoms with E-state index >= 15 is 0 Å². The minimum atomic E-state index is -0.998. The molecule has 1 aromatic heterocycles. The van der Waals surface area contributed by atoms with Crippen molar-refractivity contribution in [3.63, 3.8) is 0 Å². The van der Waals surface area contributed by atoms with Gasteiger partial charge in [-0.15, -0.1) is 0 Å². The lowest BCUT2D eigenvalue weighted by molar-refractivity contribution is -0.122. The molecule has 0 radical (unpaired) electrons. The zero-order valence-electron chi connectivity index (χ0n) is 17.5. The van der Waals surface area contributed by atoms with Crippen molar-refractivity contribution in [2.75, 3.05) is 56.5 Å². The lowest BCUT2D eigenvalue weighted by Gasteiger charge is -2.37. The molecule has 9 nitrogen and oxygen atoms in total. The number of rotatable bonds is 6. The Morgan fingerprint density at radius 2 is 1.87 bits per heavy atom.